The lowest BCUT2D eigenvalue weighted by molar-refractivity contribution is 0.425. The number of benzene rings is 2. The zero-order chi connectivity index (χ0) is 13.2. The fraction of sp³-hybridized carbons (Fsp3) is 0. The molecule has 0 aliphatic rings. The van der Waals surface area contributed by atoms with Crippen molar-refractivity contribution in [1.29, 1.82) is 0 Å². The van der Waals surface area contributed by atoms with Gasteiger partial charge in [0, 0.05) is 5.56 Å². The Bertz CT molecular complexity index is 722. The molecule has 1 heterocycles. The van der Waals surface area contributed by atoms with Crippen LogP contribution in [0.4, 0.5) is 0 Å². The SMILES string of the molecule is Oc1cccc(-c2noc(-c3ccccc3O)n2)c1. The molecule has 94 valence electrons. The quantitative estimate of drug-likeness (QED) is 0.735. The third-order valence-corrected chi connectivity index (χ3v) is 2.66. The van der Waals surface area contributed by atoms with Crippen molar-refractivity contribution in [2.75, 3.05) is 0 Å². The normalized spacial score (nSPS) is 10.5. The standard InChI is InChI=1S/C14H10N2O3/c17-10-5-3-4-9(8-10)13-15-14(19-16-13)11-6-1-2-7-12(11)18/h1-8,17-18H. The fourth-order valence-electron chi connectivity index (χ4n) is 1.75. The number of hydrogen-bond donors (Lipinski definition) is 2. The lowest BCUT2D eigenvalue weighted by atomic mass is 10.2. The summed E-state index contributed by atoms with van der Waals surface area (Å²) >= 11 is 0. The molecule has 0 saturated carbocycles. The van der Waals surface area contributed by atoms with E-state index in [2.05, 4.69) is 10.1 Å². The van der Waals surface area contributed by atoms with Crippen molar-refractivity contribution in [2.24, 2.45) is 0 Å². The van der Waals surface area contributed by atoms with Crippen LogP contribution in [0.1, 0.15) is 0 Å². The van der Waals surface area contributed by atoms with E-state index >= 15 is 0 Å². The van der Waals surface area contributed by atoms with Gasteiger partial charge in [0.25, 0.3) is 5.89 Å². The number of nitrogens with zero attached hydrogens (tertiary/aromatic N) is 2. The lowest BCUT2D eigenvalue weighted by Gasteiger charge is -1.97. The Morgan fingerprint density at radius 3 is 2.58 bits per heavy atom. The zero-order valence-corrected chi connectivity index (χ0v) is 9.82. The van der Waals surface area contributed by atoms with E-state index in [0.29, 0.717) is 17.0 Å². The molecule has 0 unspecified atom stereocenters. The predicted octanol–water partition coefficient (Wildman–Crippen LogP) is 2.81. The minimum absolute atomic E-state index is 0.0774. The minimum Gasteiger partial charge on any atom is -0.508 e. The molecule has 0 spiro atoms. The van der Waals surface area contributed by atoms with Crippen molar-refractivity contribution in [3.63, 3.8) is 0 Å². The molecule has 5 heteroatoms. The maximum absolute atomic E-state index is 9.72. The van der Waals surface area contributed by atoms with Gasteiger partial charge in [-0.25, -0.2) is 0 Å². The largest absolute Gasteiger partial charge is 0.508 e. The maximum atomic E-state index is 9.72. The average molecular weight is 254 g/mol. The molecule has 3 aromatic rings. The highest BCUT2D eigenvalue weighted by Crippen LogP contribution is 2.29. The van der Waals surface area contributed by atoms with Crippen molar-refractivity contribution >= 4 is 0 Å². The van der Waals surface area contributed by atoms with Gasteiger partial charge in [0.05, 0.1) is 5.56 Å². The first-order valence-corrected chi connectivity index (χ1v) is 5.65. The highest BCUT2D eigenvalue weighted by Gasteiger charge is 2.13. The van der Waals surface area contributed by atoms with Crippen LogP contribution in [0.5, 0.6) is 11.5 Å². The summed E-state index contributed by atoms with van der Waals surface area (Å²) in [6, 6.07) is 13.3. The molecule has 1 aromatic heterocycles. The molecule has 0 saturated heterocycles. The Labute approximate surface area is 108 Å². The van der Waals surface area contributed by atoms with E-state index in [0.717, 1.165) is 0 Å². The van der Waals surface area contributed by atoms with Gasteiger partial charge in [-0.3, -0.25) is 0 Å². The van der Waals surface area contributed by atoms with E-state index in [-0.39, 0.29) is 17.4 Å². The number of phenolic OH excluding ortho intramolecular Hbond substituents is 2. The van der Waals surface area contributed by atoms with Crippen LogP contribution in [0, 0.1) is 0 Å². The maximum Gasteiger partial charge on any atom is 0.261 e. The number of rotatable bonds is 2. The Morgan fingerprint density at radius 2 is 1.79 bits per heavy atom. The summed E-state index contributed by atoms with van der Waals surface area (Å²) < 4.78 is 5.12. The van der Waals surface area contributed by atoms with Gasteiger partial charge in [0.2, 0.25) is 5.82 Å². The zero-order valence-electron chi connectivity index (χ0n) is 9.82. The Hall–Kier alpha value is -2.82. The topological polar surface area (TPSA) is 79.4 Å². The van der Waals surface area contributed by atoms with Crippen LogP contribution in [-0.2, 0) is 0 Å². The number of phenols is 2. The summed E-state index contributed by atoms with van der Waals surface area (Å²) in [5.41, 5.74) is 1.12. The van der Waals surface area contributed by atoms with Crippen LogP contribution in [-0.4, -0.2) is 20.4 Å². The highest BCUT2D eigenvalue weighted by atomic mass is 16.5. The number of aromatic nitrogens is 2. The summed E-state index contributed by atoms with van der Waals surface area (Å²) in [6.45, 7) is 0. The van der Waals surface area contributed by atoms with Gasteiger partial charge in [0.1, 0.15) is 11.5 Å². The monoisotopic (exact) mass is 254 g/mol. The van der Waals surface area contributed by atoms with Gasteiger partial charge in [-0.05, 0) is 24.3 Å². The van der Waals surface area contributed by atoms with Gasteiger partial charge in [-0.2, -0.15) is 4.98 Å². The molecule has 0 aliphatic heterocycles. The number of para-hydroxylation sites is 1. The van der Waals surface area contributed by atoms with E-state index in [4.69, 9.17) is 4.52 Å². The third-order valence-electron chi connectivity index (χ3n) is 2.66. The van der Waals surface area contributed by atoms with Crippen LogP contribution < -0.4 is 0 Å². The van der Waals surface area contributed by atoms with E-state index in [1.165, 1.54) is 0 Å². The van der Waals surface area contributed by atoms with E-state index in [1.54, 1.807) is 48.5 Å². The van der Waals surface area contributed by atoms with Crippen LogP contribution in [0.25, 0.3) is 22.8 Å². The van der Waals surface area contributed by atoms with Gasteiger partial charge >= 0.3 is 0 Å². The second-order valence-electron chi connectivity index (χ2n) is 3.99. The van der Waals surface area contributed by atoms with Crippen LogP contribution in [0.2, 0.25) is 0 Å². The Kier molecular flexibility index (Phi) is 2.64. The summed E-state index contributed by atoms with van der Waals surface area (Å²) in [7, 11) is 0. The Balaban J connectivity index is 2.03. The first kappa shape index (κ1) is 11.3. The van der Waals surface area contributed by atoms with Crippen molar-refractivity contribution in [3.05, 3.63) is 48.5 Å². The molecule has 0 fully saturated rings. The van der Waals surface area contributed by atoms with Crippen LogP contribution >= 0.6 is 0 Å². The summed E-state index contributed by atoms with van der Waals surface area (Å²) in [5.74, 6) is 0.797. The molecule has 19 heavy (non-hydrogen) atoms. The first-order valence-electron chi connectivity index (χ1n) is 5.65. The van der Waals surface area contributed by atoms with Gasteiger partial charge < -0.3 is 14.7 Å². The molecule has 0 bridgehead atoms. The molecular weight excluding hydrogens is 244 g/mol. The van der Waals surface area contributed by atoms with Gasteiger partial charge in [0.15, 0.2) is 0 Å². The first-order chi connectivity index (χ1) is 9.24. The molecule has 5 nitrogen and oxygen atoms in total. The van der Waals surface area contributed by atoms with Crippen LogP contribution in [0.15, 0.2) is 53.1 Å². The molecule has 0 aliphatic carbocycles. The highest BCUT2D eigenvalue weighted by molar-refractivity contribution is 5.65. The predicted molar refractivity (Wildman–Crippen MR) is 68.5 cm³/mol. The van der Waals surface area contributed by atoms with Crippen molar-refractivity contribution in [1.82, 2.24) is 10.1 Å². The molecule has 2 aromatic carbocycles. The fourth-order valence-corrected chi connectivity index (χ4v) is 1.75. The molecule has 0 atom stereocenters. The molecule has 0 radical (unpaired) electrons. The summed E-state index contributed by atoms with van der Waals surface area (Å²) in [5, 5.41) is 23.0. The van der Waals surface area contributed by atoms with E-state index in [1.807, 2.05) is 0 Å². The van der Waals surface area contributed by atoms with E-state index in [9.17, 15) is 10.2 Å². The van der Waals surface area contributed by atoms with E-state index < -0.39 is 0 Å². The Morgan fingerprint density at radius 1 is 0.947 bits per heavy atom. The number of hydrogen-bond acceptors (Lipinski definition) is 5. The lowest BCUT2D eigenvalue weighted by Crippen LogP contribution is -1.81. The smallest absolute Gasteiger partial charge is 0.261 e. The summed E-state index contributed by atoms with van der Waals surface area (Å²) in [6.07, 6.45) is 0. The summed E-state index contributed by atoms with van der Waals surface area (Å²) in [4.78, 5) is 4.20. The molecule has 3 rings (SSSR count). The average Bonchev–Trinajstić information content (AvgIpc) is 2.89. The number of aromatic hydroxyl groups is 2. The van der Waals surface area contributed by atoms with Crippen molar-refractivity contribution in [3.8, 4) is 34.3 Å². The van der Waals surface area contributed by atoms with Crippen molar-refractivity contribution in [2.45, 2.75) is 0 Å². The van der Waals surface area contributed by atoms with Crippen LogP contribution in [0.3, 0.4) is 0 Å². The van der Waals surface area contributed by atoms with Crippen molar-refractivity contribution < 1.29 is 14.7 Å². The molecular formula is C14H10N2O3. The molecule has 2 N–H and O–H groups in total. The van der Waals surface area contributed by atoms with Gasteiger partial charge in [-0.15, -0.1) is 0 Å². The third kappa shape index (κ3) is 2.13. The molecule has 0 amide bonds. The van der Waals surface area contributed by atoms with Gasteiger partial charge in [-0.1, -0.05) is 29.4 Å². The second-order valence-corrected chi connectivity index (χ2v) is 3.99. The minimum atomic E-state index is 0.0774. The second kappa shape index (κ2) is 4.45.